The van der Waals surface area contributed by atoms with Crippen LogP contribution in [0.2, 0.25) is 20.1 Å². The third-order valence-corrected chi connectivity index (χ3v) is 12.0. The van der Waals surface area contributed by atoms with Crippen molar-refractivity contribution in [1.82, 2.24) is 10.0 Å². The number of hydrazine groups is 1. The van der Waals surface area contributed by atoms with Crippen LogP contribution in [-0.2, 0) is 19.2 Å². The maximum Gasteiger partial charge on any atom is 0.253 e. The second-order valence-corrected chi connectivity index (χ2v) is 14.7. The van der Waals surface area contributed by atoms with Gasteiger partial charge in [-0.15, -0.1) is 0 Å². The van der Waals surface area contributed by atoms with Crippen LogP contribution in [0.3, 0.4) is 0 Å². The molecule has 4 aliphatic heterocycles. The number of amides is 4. The summed E-state index contributed by atoms with van der Waals surface area (Å²) in [5.41, 5.74) is 1.41. The molecule has 8 rings (SSSR count). The third kappa shape index (κ3) is 5.26. The smallest absolute Gasteiger partial charge is 0.253 e. The third-order valence-electron chi connectivity index (χ3n) is 10.6. The first-order chi connectivity index (χ1) is 25.9. The topological polar surface area (TPSA) is 118 Å². The number of anilines is 2. The van der Waals surface area contributed by atoms with Crippen LogP contribution in [0.1, 0.15) is 23.2 Å². The number of methoxy groups -OCH3 is 4. The molecule has 54 heavy (non-hydrogen) atoms. The van der Waals surface area contributed by atoms with E-state index in [0.29, 0.717) is 34.1 Å². The first kappa shape index (κ1) is 36.4. The number of ether oxygens (including phenoxy) is 4. The van der Waals surface area contributed by atoms with Crippen LogP contribution in [0, 0.1) is 11.8 Å². The average molecular weight is 812 g/mol. The molecule has 0 N–H and O–H groups in total. The summed E-state index contributed by atoms with van der Waals surface area (Å²) in [5, 5.41) is 4.20. The SMILES string of the molecule is COc1ccc([C@@H]2[C@@H]3C(=O)N(c4ccc(Cl)c(Cl)c4)C(=O)[C@@H]3N3[C@H](c4ccc(OC)cc4OC)[C@@H]4C(=O)N(c5ccc(Cl)c(Cl)c5)C(=O)[C@H]4N23)c(OC)c1. The molecular weight excluding hydrogens is 782 g/mol. The molecule has 6 atom stereocenters. The fourth-order valence-corrected chi connectivity index (χ4v) is 8.92. The number of imide groups is 2. The van der Waals surface area contributed by atoms with E-state index in [1.54, 1.807) is 46.4 Å². The van der Waals surface area contributed by atoms with Crippen molar-refractivity contribution in [2.75, 3.05) is 38.2 Å². The lowest BCUT2D eigenvalue weighted by molar-refractivity contribution is -0.136. The molecule has 4 saturated heterocycles. The Kier molecular flexibility index (Phi) is 9.19. The Bertz CT molecular complexity index is 2120. The Balaban J connectivity index is 1.38. The van der Waals surface area contributed by atoms with Gasteiger partial charge < -0.3 is 18.9 Å². The molecule has 0 aromatic heterocycles. The monoisotopic (exact) mass is 810 g/mol. The molecule has 0 saturated carbocycles. The van der Waals surface area contributed by atoms with Gasteiger partial charge in [-0.2, -0.15) is 0 Å². The van der Waals surface area contributed by atoms with E-state index in [1.165, 1.54) is 64.8 Å². The standard InChI is InChI=1S/C38H30Cl4N4O8/c1-51-19-7-9-21(27(15-19)53-3)31-29-33(37(49)43(35(29)47)17-5-11-23(39)25(41)13-17)46-32(22-10-8-20(52-2)16-28(22)54-4)30-34(45(31)46)38(50)44(36(30)48)18-6-12-24(40)26(42)14-18/h5-16,29-34H,1-4H3/t29-,30-,31+,32+,33-,34+/m0/s1. The van der Waals surface area contributed by atoms with Crippen molar-refractivity contribution in [3.63, 3.8) is 0 Å². The zero-order valence-electron chi connectivity index (χ0n) is 29.0. The Morgan fingerprint density at radius 3 is 1.17 bits per heavy atom. The Morgan fingerprint density at radius 1 is 0.444 bits per heavy atom. The van der Waals surface area contributed by atoms with Crippen molar-refractivity contribution in [3.8, 4) is 23.0 Å². The van der Waals surface area contributed by atoms with Crippen LogP contribution in [0.15, 0.2) is 72.8 Å². The van der Waals surface area contributed by atoms with E-state index in [-0.39, 0.29) is 31.5 Å². The minimum atomic E-state index is -1.19. The normalized spacial score (nSPS) is 25.0. The van der Waals surface area contributed by atoms with Gasteiger partial charge in [0.05, 0.1) is 83.8 Å². The summed E-state index contributed by atoms with van der Waals surface area (Å²) in [6, 6.07) is 14.8. The fraction of sp³-hybridized carbons (Fsp3) is 0.263. The van der Waals surface area contributed by atoms with Crippen LogP contribution < -0.4 is 28.7 Å². The van der Waals surface area contributed by atoms with Gasteiger partial charge in [-0.1, -0.05) is 46.4 Å². The quantitative estimate of drug-likeness (QED) is 0.176. The number of nitrogens with zero attached hydrogens (tertiary/aromatic N) is 4. The van der Waals surface area contributed by atoms with E-state index in [0.717, 1.165) is 9.80 Å². The van der Waals surface area contributed by atoms with E-state index >= 15 is 0 Å². The Hall–Kier alpha value is -4.56. The molecule has 4 aromatic rings. The number of rotatable bonds is 8. The van der Waals surface area contributed by atoms with Gasteiger partial charge in [0.15, 0.2) is 0 Å². The molecule has 0 spiro atoms. The van der Waals surface area contributed by atoms with Crippen LogP contribution in [0.25, 0.3) is 0 Å². The molecule has 16 heteroatoms. The molecule has 278 valence electrons. The Morgan fingerprint density at radius 2 is 0.833 bits per heavy atom. The summed E-state index contributed by atoms with van der Waals surface area (Å²) < 4.78 is 22.7. The van der Waals surface area contributed by atoms with E-state index in [4.69, 9.17) is 65.4 Å². The lowest BCUT2D eigenvalue weighted by Crippen LogP contribution is -2.50. The molecule has 4 fully saturated rings. The van der Waals surface area contributed by atoms with Crippen molar-refractivity contribution in [1.29, 1.82) is 0 Å². The van der Waals surface area contributed by atoms with Gasteiger partial charge in [0, 0.05) is 23.3 Å². The summed E-state index contributed by atoms with van der Waals surface area (Å²) in [6.45, 7) is 0. The summed E-state index contributed by atoms with van der Waals surface area (Å²) >= 11 is 25.2. The maximum absolute atomic E-state index is 14.9. The van der Waals surface area contributed by atoms with Crippen LogP contribution in [0.4, 0.5) is 11.4 Å². The molecule has 0 bridgehead atoms. The lowest BCUT2D eigenvalue weighted by atomic mass is 9.83. The molecule has 12 nitrogen and oxygen atoms in total. The first-order valence-electron chi connectivity index (χ1n) is 16.6. The van der Waals surface area contributed by atoms with Gasteiger partial charge in [0.1, 0.15) is 35.1 Å². The van der Waals surface area contributed by atoms with Crippen LogP contribution >= 0.6 is 46.4 Å². The zero-order chi connectivity index (χ0) is 38.3. The van der Waals surface area contributed by atoms with E-state index < -0.39 is 59.6 Å². The highest BCUT2D eigenvalue weighted by atomic mass is 35.5. The number of benzene rings is 4. The summed E-state index contributed by atoms with van der Waals surface area (Å²) in [5.74, 6) is -2.80. The average Bonchev–Trinajstić information content (AvgIpc) is 3.84. The second kappa shape index (κ2) is 13.6. The van der Waals surface area contributed by atoms with Crippen LogP contribution in [0.5, 0.6) is 23.0 Å². The van der Waals surface area contributed by atoms with Gasteiger partial charge >= 0.3 is 0 Å². The number of fused-ring (bicyclic) bond motifs is 5. The zero-order valence-corrected chi connectivity index (χ0v) is 32.0. The number of carbonyl (C=O) groups excluding carboxylic acids is 4. The minimum absolute atomic E-state index is 0.150. The van der Waals surface area contributed by atoms with Gasteiger partial charge in [-0.3, -0.25) is 19.2 Å². The highest BCUT2D eigenvalue weighted by Crippen LogP contribution is 2.61. The van der Waals surface area contributed by atoms with Gasteiger partial charge in [-0.25, -0.2) is 19.8 Å². The largest absolute Gasteiger partial charge is 0.497 e. The van der Waals surface area contributed by atoms with Crippen molar-refractivity contribution < 1.29 is 38.1 Å². The summed E-state index contributed by atoms with van der Waals surface area (Å²) in [7, 11) is 5.96. The predicted molar refractivity (Wildman–Crippen MR) is 201 cm³/mol. The molecule has 0 radical (unpaired) electrons. The van der Waals surface area contributed by atoms with Gasteiger partial charge in [0.2, 0.25) is 11.8 Å². The molecule has 0 aliphatic carbocycles. The maximum atomic E-state index is 14.9. The number of halogens is 4. The van der Waals surface area contributed by atoms with E-state index in [9.17, 15) is 19.2 Å². The first-order valence-corrected chi connectivity index (χ1v) is 18.1. The summed E-state index contributed by atoms with van der Waals surface area (Å²) in [4.78, 5) is 61.7. The van der Waals surface area contributed by atoms with Crippen LogP contribution in [-0.4, -0.2) is 74.2 Å². The highest BCUT2D eigenvalue weighted by Gasteiger charge is 2.74. The summed E-state index contributed by atoms with van der Waals surface area (Å²) in [6.07, 6.45) is 0. The van der Waals surface area contributed by atoms with E-state index in [1.807, 2.05) is 0 Å². The fourth-order valence-electron chi connectivity index (χ4n) is 8.33. The molecular formula is C38H30Cl4N4O8. The van der Waals surface area contributed by atoms with Crippen molar-refractivity contribution >= 4 is 81.4 Å². The molecule has 4 amide bonds. The van der Waals surface area contributed by atoms with Crippen molar-refractivity contribution in [2.45, 2.75) is 24.2 Å². The number of carbonyl (C=O) groups is 4. The minimum Gasteiger partial charge on any atom is -0.497 e. The second-order valence-electron chi connectivity index (χ2n) is 13.0. The van der Waals surface area contributed by atoms with Gasteiger partial charge in [0.25, 0.3) is 11.8 Å². The lowest BCUT2D eigenvalue weighted by Gasteiger charge is -2.36. The van der Waals surface area contributed by atoms with Crippen molar-refractivity contribution in [3.05, 3.63) is 104 Å². The van der Waals surface area contributed by atoms with Gasteiger partial charge in [-0.05, 0) is 60.7 Å². The number of hydrogen-bond donors (Lipinski definition) is 0. The Labute approximate surface area is 329 Å². The predicted octanol–water partition coefficient (Wildman–Crippen LogP) is 6.78. The van der Waals surface area contributed by atoms with E-state index in [2.05, 4.69) is 0 Å². The highest BCUT2D eigenvalue weighted by molar-refractivity contribution is 6.43. The molecule has 4 aliphatic rings. The number of hydrogen-bond acceptors (Lipinski definition) is 10. The molecule has 4 aromatic carbocycles. The van der Waals surface area contributed by atoms with Crippen molar-refractivity contribution in [2.24, 2.45) is 11.8 Å². The molecule has 0 unspecified atom stereocenters. The molecule has 4 heterocycles.